The van der Waals surface area contributed by atoms with Crippen molar-refractivity contribution in [3.63, 3.8) is 0 Å². The highest BCUT2D eigenvalue weighted by Gasteiger charge is 2.13. The number of ether oxygens (including phenoxy) is 2. The first kappa shape index (κ1) is 15.3. The van der Waals surface area contributed by atoms with Crippen molar-refractivity contribution in [3.05, 3.63) is 22.2 Å². The number of rotatable bonds is 7. The quantitative estimate of drug-likeness (QED) is 0.831. The molecule has 0 aliphatic rings. The molecule has 4 heteroatoms. The van der Waals surface area contributed by atoms with Crippen molar-refractivity contribution in [2.45, 2.75) is 40.3 Å². The largest absolute Gasteiger partial charge is 0.490 e. The van der Waals surface area contributed by atoms with Crippen LogP contribution in [0.1, 0.15) is 33.3 Å². The Bertz CT molecular complexity index is 380. The van der Waals surface area contributed by atoms with Gasteiger partial charge in [0.2, 0.25) is 0 Å². The molecule has 0 saturated heterocycles. The molecule has 1 aromatic carbocycles. The van der Waals surface area contributed by atoms with Gasteiger partial charge in [-0.15, -0.1) is 0 Å². The second-order valence-electron chi connectivity index (χ2n) is 4.28. The number of nitrogens with one attached hydrogen (secondary N) is 1. The predicted molar refractivity (Wildman–Crippen MR) is 78.5 cm³/mol. The van der Waals surface area contributed by atoms with Crippen LogP contribution in [0.5, 0.6) is 11.5 Å². The molecule has 0 aliphatic carbocycles. The third-order valence-electron chi connectivity index (χ3n) is 2.30. The van der Waals surface area contributed by atoms with E-state index in [1.807, 2.05) is 26.8 Å². The molecule has 3 nitrogen and oxygen atoms in total. The van der Waals surface area contributed by atoms with Crippen molar-refractivity contribution in [2.24, 2.45) is 0 Å². The third-order valence-corrected chi connectivity index (χ3v) is 2.89. The molecule has 0 aromatic heterocycles. The Morgan fingerprint density at radius 2 is 2.00 bits per heavy atom. The molecule has 0 radical (unpaired) electrons. The average Bonchev–Trinajstić information content (AvgIpc) is 2.31. The normalized spacial score (nSPS) is 10.8. The summed E-state index contributed by atoms with van der Waals surface area (Å²) in [6, 6.07) is 4.11. The van der Waals surface area contributed by atoms with Crippen molar-refractivity contribution in [2.75, 3.05) is 13.2 Å². The molecule has 0 heterocycles. The van der Waals surface area contributed by atoms with Gasteiger partial charge in [0.25, 0.3) is 0 Å². The Morgan fingerprint density at radius 3 is 2.56 bits per heavy atom. The predicted octanol–water partition coefficient (Wildman–Crippen LogP) is 3.74. The van der Waals surface area contributed by atoms with Gasteiger partial charge in [-0.3, -0.25) is 0 Å². The van der Waals surface area contributed by atoms with Crippen LogP contribution < -0.4 is 14.8 Å². The maximum Gasteiger partial charge on any atom is 0.175 e. The Kier molecular flexibility index (Phi) is 6.50. The van der Waals surface area contributed by atoms with Crippen molar-refractivity contribution >= 4 is 15.9 Å². The van der Waals surface area contributed by atoms with Gasteiger partial charge in [0.1, 0.15) is 0 Å². The van der Waals surface area contributed by atoms with Gasteiger partial charge in [0, 0.05) is 6.54 Å². The minimum absolute atomic E-state index is 0.125. The molecule has 1 aromatic rings. The van der Waals surface area contributed by atoms with Crippen molar-refractivity contribution < 1.29 is 9.47 Å². The summed E-state index contributed by atoms with van der Waals surface area (Å²) in [6.07, 6.45) is 0.125. The van der Waals surface area contributed by atoms with Crippen LogP contribution in [-0.2, 0) is 6.54 Å². The monoisotopic (exact) mass is 315 g/mol. The van der Waals surface area contributed by atoms with Gasteiger partial charge in [-0.05, 0) is 60.9 Å². The van der Waals surface area contributed by atoms with Gasteiger partial charge in [0.05, 0.1) is 17.2 Å². The number of hydrogen-bond donors (Lipinski definition) is 1. The molecule has 0 atom stereocenters. The zero-order valence-corrected chi connectivity index (χ0v) is 13.1. The van der Waals surface area contributed by atoms with Crippen molar-refractivity contribution in [1.29, 1.82) is 0 Å². The van der Waals surface area contributed by atoms with Crippen LogP contribution in [0.25, 0.3) is 0 Å². The van der Waals surface area contributed by atoms with E-state index in [-0.39, 0.29) is 6.10 Å². The van der Waals surface area contributed by atoms with Gasteiger partial charge in [-0.1, -0.05) is 6.92 Å². The maximum absolute atomic E-state index is 5.80. The van der Waals surface area contributed by atoms with Gasteiger partial charge >= 0.3 is 0 Å². The van der Waals surface area contributed by atoms with E-state index in [1.54, 1.807) is 0 Å². The molecule has 1 N–H and O–H groups in total. The van der Waals surface area contributed by atoms with Crippen molar-refractivity contribution in [3.8, 4) is 11.5 Å². The van der Waals surface area contributed by atoms with Crippen LogP contribution in [0.2, 0.25) is 0 Å². The first-order valence-electron chi connectivity index (χ1n) is 6.41. The highest BCUT2D eigenvalue weighted by molar-refractivity contribution is 9.10. The molecule has 18 heavy (non-hydrogen) atoms. The van der Waals surface area contributed by atoms with E-state index in [0.29, 0.717) is 6.61 Å². The molecule has 0 aliphatic heterocycles. The van der Waals surface area contributed by atoms with Gasteiger partial charge in [-0.25, -0.2) is 0 Å². The highest BCUT2D eigenvalue weighted by atomic mass is 79.9. The standard InChI is InChI=1S/C14H22BrNO2/c1-5-16-9-11-7-12(15)14(18-10(3)4)13(8-11)17-6-2/h7-8,10,16H,5-6,9H2,1-4H3. The molecular formula is C14H22BrNO2. The lowest BCUT2D eigenvalue weighted by Crippen LogP contribution is -2.13. The van der Waals surface area contributed by atoms with Crippen molar-refractivity contribution in [1.82, 2.24) is 5.32 Å². The fourth-order valence-corrected chi connectivity index (χ4v) is 2.19. The molecule has 0 saturated carbocycles. The zero-order valence-electron chi connectivity index (χ0n) is 11.5. The zero-order chi connectivity index (χ0) is 13.5. The summed E-state index contributed by atoms with van der Waals surface area (Å²) in [5, 5.41) is 3.30. The smallest absolute Gasteiger partial charge is 0.175 e. The van der Waals surface area contributed by atoms with Crippen LogP contribution in [0.3, 0.4) is 0 Å². The van der Waals surface area contributed by atoms with E-state index in [2.05, 4.69) is 34.2 Å². The first-order valence-corrected chi connectivity index (χ1v) is 7.20. The van der Waals surface area contributed by atoms with Crippen LogP contribution in [-0.4, -0.2) is 19.3 Å². The topological polar surface area (TPSA) is 30.5 Å². The summed E-state index contributed by atoms with van der Waals surface area (Å²) in [5.74, 6) is 1.58. The fourth-order valence-electron chi connectivity index (χ4n) is 1.61. The molecule has 0 bridgehead atoms. The second-order valence-corrected chi connectivity index (χ2v) is 5.14. The van der Waals surface area contributed by atoms with E-state index in [1.165, 1.54) is 5.56 Å². The fraction of sp³-hybridized carbons (Fsp3) is 0.571. The maximum atomic E-state index is 5.80. The number of benzene rings is 1. The number of halogens is 1. The summed E-state index contributed by atoms with van der Waals surface area (Å²) < 4.78 is 12.4. The molecule has 0 amide bonds. The van der Waals surface area contributed by atoms with Gasteiger partial charge < -0.3 is 14.8 Å². The summed E-state index contributed by atoms with van der Waals surface area (Å²) in [7, 11) is 0. The lowest BCUT2D eigenvalue weighted by Gasteiger charge is -2.17. The number of hydrogen-bond acceptors (Lipinski definition) is 3. The van der Waals surface area contributed by atoms with E-state index in [9.17, 15) is 0 Å². The Morgan fingerprint density at radius 1 is 1.28 bits per heavy atom. The lowest BCUT2D eigenvalue weighted by atomic mass is 10.2. The van der Waals surface area contributed by atoms with Gasteiger partial charge in [0.15, 0.2) is 11.5 Å². The average molecular weight is 316 g/mol. The third kappa shape index (κ3) is 4.50. The molecule has 102 valence electrons. The highest BCUT2D eigenvalue weighted by Crippen LogP contribution is 2.37. The molecule has 0 fully saturated rings. The molecule has 0 unspecified atom stereocenters. The van der Waals surface area contributed by atoms with Crippen LogP contribution in [0, 0.1) is 0 Å². The summed E-state index contributed by atoms with van der Waals surface area (Å²) in [5.41, 5.74) is 1.18. The Balaban J connectivity index is 3.01. The van der Waals surface area contributed by atoms with Crippen LogP contribution in [0.4, 0.5) is 0 Å². The minimum atomic E-state index is 0.125. The van der Waals surface area contributed by atoms with E-state index < -0.39 is 0 Å². The van der Waals surface area contributed by atoms with E-state index in [0.717, 1.165) is 29.1 Å². The van der Waals surface area contributed by atoms with E-state index in [4.69, 9.17) is 9.47 Å². The second kappa shape index (κ2) is 7.64. The van der Waals surface area contributed by atoms with Crippen LogP contribution >= 0.6 is 15.9 Å². The molecule has 1 rings (SSSR count). The Labute approximate surface area is 118 Å². The SMILES string of the molecule is CCNCc1cc(Br)c(OC(C)C)c(OCC)c1. The van der Waals surface area contributed by atoms with Crippen LogP contribution in [0.15, 0.2) is 16.6 Å². The summed E-state index contributed by atoms with van der Waals surface area (Å²) >= 11 is 3.56. The minimum Gasteiger partial charge on any atom is -0.490 e. The van der Waals surface area contributed by atoms with Gasteiger partial charge in [-0.2, -0.15) is 0 Å². The molecule has 0 spiro atoms. The summed E-state index contributed by atoms with van der Waals surface area (Å²) in [4.78, 5) is 0. The first-order chi connectivity index (χ1) is 8.58. The summed E-state index contributed by atoms with van der Waals surface area (Å²) in [6.45, 7) is 10.5. The lowest BCUT2D eigenvalue weighted by molar-refractivity contribution is 0.222. The Hall–Kier alpha value is -0.740. The molecular weight excluding hydrogens is 294 g/mol. The van der Waals surface area contributed by atoms with E-state index >= 15 is 0 Å².